The molecule has 0 atom stereocenters. The minimum atomic E-state index is 0.892. The van der Waals surface area contributed by atoms with Gasteiger partial charge < -0.3 is 4.98 Å². The SMILES string of the molecule is C1=CCc2[nH]c3sc4cncnc4c3c2N=C1. The number of hydrogen-bond donors (Lipinski definition) is 1. The summed E-state index contributed by atoms with van der Waals surface area (Å²) in [5, 5.41) is 1.13. The maximum Gasteiger partial charge on any atom is 0.116 e. The average Bonchev–Trinajstić information content (AvgIpc) is 2.77. The van der Waals surface area contributed by atoms with Gasteiger partial charge in [0.15, 0.2) is 0 Å². The van der Waals surface area contributed by atoms with Gasteiger partial charge in [-0.1, -0.05) is 6.08 Å². The molecule has 0 spiro atoms. The molecule has 0 saturated carbocycles. The van der Waals surface area contributed by atoms with Gasteiger partial charge >= 0.3 is 0 Å². The predicted octanol–water partition coefficient (Wildman–Crippen LogP) is 2.99. The number of nitrogens with zero attached hydrogens (tertiary/aromatic N) is 3. The molecule has 0 aliphatic carbocycles. The Bertz CT molecular complexity index is 778. The van der Waals surface area contributed by atoms with Crippen molar-refractivity contribution in [1.82, 2.24) is 15.0 Å². The van der Waals surface area contributed by atoms with Crippen molar-refractivity contribution >= 4 is 43.7 Å². The molecule has 4 heterocycles. The number of fused-ring (bicyclic) bond motifs is 5. The lowest BCUT2D eigenvalue weighted by Gasteiger charge is -1.94. The molecule has 0 amide bonds. The van der Waals surface area contributed by atoms with Crippen LogP contribution in [-0.4, -0.2) is 21.2 Å². The molecule has 5 heteroatoms. The second kappa shape index (κ2) is 3.24. The van der Waals surface area contributed by atoms with Crippen molar-refractivity contribution in [3.8, 4) is 0 Å². The Morgan fingerprint density at radius 2 is 2.35 bits per heavy atom. The molecule has 0 unspecified atom stereocenters. The monoisotopic (exact) mass is 240 g/mol. The van der Waals surface area contributed by atoms with E-state index in [1.807, 2.05) is 18.5 Å². The van der Waals surface area contributed by atoms with Gasteiger partial charge in [0, 0.05) is 24.5 Å². The van der Waals surface area contributed by atoms with Gasteiger partial charge in [0.25, 0.3) is 0 Å². The Balaban J connectivity index is 2.19. The average molecular weight is 240 g/mol. The fraction of sp³-hybridized carbons (Fsp3) is 0.0833. The van der Waals surface area contributed by atoms with Gasteiger partial charge in [-0.2, -0.15) is 0 Å². The Hall–Kier alpha value is -2.01. The molecule has 1 aliphatic rings. The molecule has 0 saturated heterocycles. The fourth-order valence-electron chi connectivity index (χ4n) is 2.16. The molecular weight excluding hydrogens is 232 g/mol. The summed E-state index contributed by atoms with van der Waals surface area (Å²) in [7, 11) is 0. The van der Waals surface area contributed by atoms with Crippen LogP contribution in [0, 0.1) is 0 Å². The van der Waals surface area contributed by atoms with Crippen LogP contribution in [0.4, 0.5) is 5.69 Å². The third-order valence-corrected chi connectivity index (χ3v) is 3.92. The maximum atomic E-state index is 4.50. The largest absolute Gasteiger partial charge is 0.348 e. The maximum absolute atomic E-state index is 4.50. The molecule has 1 aliphatic heterocycles. The molecule has 3 aromatic heterocycles. The topological polar surface area (TPSA) is 53.9 Å². The number of thiophene rings is 1. The van der Waals surface area contributed by atoms with Crippen LogP contribution in [0.5, 0.6) is 0 Å². The number of nitrogens with one attached hydrogen (secondary N) is 1. The second-order valence-corrected chi connectivity index (χ2v) is 4.96. The van der Waals surface area contributed by atoms with Crippen molar-refractivity contribution in [3.05, 3.63) is 30.4 Å². The zero-order valence-corrected chi connectivity index (χ0v) is 9.66. The molecule has 1 N–H and O–H groups in total. The van der Waals surface area contributed by atoms with E-state index in [9.17, 15) is 0 Å². The smallest absolute Gasteiger partial charge is 0.116 e. The van der Waals surface area contributed by atoms with E-state index >= 15 is 0 Å². The predicted molar refractivity (Wildman–Crippen MR) is 70.3 cm³/mol. The van der Waals surface area contributed by atoms with Crippen LogP contribution in [0.1, 0.15) is 5.69 Å². The van der Waals surface area contributed by atoms with Crippen molar-refractivity contribution < 1.29 is 0 Å². The number of allylic oxidation sites excluding steroid dienone is 2. The summed E-state index contributed by atoms with van der Waals surface area (Å²) in [6.45, 7) is 0. The highest BCUT2D eigenvalue weighted by Gasteiger charge is 2.16. The highest BCUT2D eigenvalue weighted by Crippen LogP contribution is 2.40. The van der Waals surface area contributed by atoms with Gasteiger partial charge in [0.05, 0.1) is 21.3 Å². The van der Waals surface area contributed by atoms with Crippen molar-refractivity contribution in [3.63, 3.8) is 0 Å². The van der Waals surface area contributed by atoms with E-state index in [1.165, 1.54) is 0 Å². The third-order valence-electron chi connectivity index (χ3n) is 2.89. The summed E-state index contributed by atoms with van der Waals surface area (Å²) in [5.74, 6) is 0. The summed E-state index contributed by atoms with van der Waals surface area (Å²) in [6.07, 6.45) is 10.3. The quantitative estimate of drug-likeness (QED) is 0.656. The second-order valence-electron chi connectivity index (χ2n) is 3.90. The first-order valence-corrected chi connectivity index (χ1v) is 6.17. The lowest BCUT2D eigenvalue weighted by atomic mass is 10.2. The molecular formula is C12H8N4S. The Labute approximate surface area is 101 Å². The summed E-state index contributed by atoms with van der Waals surface area (Å²) in [5.41, 5.74) is 3.18. The van der Waals surface area contributed by atoms with Crippen LogP contribution < -0.4 is 0 Å². The van der Waals surface area contributed by atoms with Crippen molar-refractivity contribution in [1.29, 1.82) is 0 Å². The lowest BCUT2D eigenvalue weighted by Crippen LogP contribution is -1.79. The summed E-state index contributed by atoms with van der Waals surface area (Å²) >= 11 is 1.68. The van der Waals surface area contributed by atoms with E-state index in [0.29, 0.717) is 0 Å². The molecule has 17 heavy (non-hydrogen) atoms. The van der Waals surface area contributed by atoms with E-state index in [0.717, 1.165) is 38.2 Å². The highest BCUT2D eigenvalue weighted by atomic mass is 32.1. The van der Waals surface area contributed by atoms with Crippen LogP contribution in [0.2, 0.25) is 0 Å². The van der Waals surface area contributed by atoms with Crippen molar-refractivity contribution in [2.75, 3.05) is 0 Å². The number of aromatic amines is 1. The van der Waals surface area contributed by atoms with Crippen LogP contribution in [-0.2, 0) is 6.42 Å². The number of hydrogen-bond acceptors (Lipinski definition) is 4. The zero-order chi connectivity index (χ0) is 11.2. The lowest BCUT2D eigenvalue weighted by molar-refractivity contribution is 1.17. The fourth-order valence-corrected chi connectivity index (χ4v) is 3.21. The minimum absolute atomic E-state index is 0.892. The first-order chi connectivity index (χ1) is 8.43. The van der Waals surface area contributed by atoms with E-state index in [2.05, 4.69) is 26.0 Å². The molecule has 3 aromatic rings. The molecule has 0 bridgehead atoms. The standard InChI is InChI=1S/C12H8N4S/c1-2-4-14-10-7(3-1)16-12-9(10)11-8(17-12)5-13-6-15-11/h1-2,4-6,16H,3H2. The Morgan fingerprint density at radius 1 is 1.35 bits per heavy atom. The van der Waals surface area contributed by atoms with Crippen LogP contribution in [0.25, 0.3) is 20.4 Å². The number of H-pyrrole nitrogens is 1. The molecule has 82 valence electrons. The molecule has 4 rings (SSSR count). The van der Waals surface area contributed by atoms with Gasteiger partial charge in [-0.25, -0.2) is 9.97 Å². The number of aromatic nitrogens is 3. The van der Waals surface area contributed by atoms with Crippen molar-refractivity contribution in [2.24, 2.45) is 4.99 Å². The first-order valence-electron chi connectivity index (χ1n) is 5.36. The summed E-state index contributed by atoms with van der Waals surface area (Å²) < 4.78 is 1.10. The first kappa shape index (κ1) is 9.07. The van der Waals surface area contributed by atoms with Crippen molar-refractivity contribution in [2.45, 2.75) is 6.42 Å². The normalized spacial score (nSPS) is 14.4. The van der Waals surface area contributed by atoms with Crippen LogP contribution >= 0.6 is 11.3 Å². The summed E-state index contributed by atoms with van der Waals surface area (Å²) in [4.78, 5) is 17.5. The summed E-state index contributed by atoms with van der Waals surface area (Å²) in [6, 6.07) is 0. The van der Waals surface area contributed by atoms with E-state index in [4.69, 9.17) is 0 Å². The molecule has 0 fully saturated rings. The van der Waals surface area contributed by atoms with Gasteiger partial charge in [0.1, 0.15) is 11.2 Å². The van der Waals surface area contributed by atoms with E-state index in [-0.39, 0.29) is 0 Å². The van der Waals surface area contributed by atoms with Gasteiger partial charge in [-0.15, -0.1) is 11.3 Å². The molecule has 4 nitrogen and oxygen atoms in total. The van der Waals surface area contributed by atoms with Crippen LogP contribution in [0.3, 0.4) is 0 Å². The molecule has 0 aromatic carbocycles. The third kappa shape index (κ3) is 1.20. The zero-order valence-electron chi connectivity index (χ0n) is 8.84. The highest BCUT2D eigenvalue weighted by molar-refractivity contribution is 7.25. The Morgan fingerprint density at radius 3 is 3.35 bits per heavy atom. The molecule has 0 radical (unpaired) electrons. The number of rotatable bonds is 0. The van der Waals surface area contributed by atoms with Crippen LogP contribution in [0.15, 0.2) is 29.7 Å². The van der Waals surface area contributed by atoms with Gasteiger partial charge in [-0.05, 0) is 6.08 Å². The van der Waals surface area contributed by atoms with E-state index in [1.54, 1.807) is 17.7 Å². The van der Waals surface area contributed by atoms with Gasteiger partial charge in [-0.3, -0.25) is 4.99 Å². The van der Waals surface area contributed by atoms with Gasteiger partial charge in [0.2, 0.25) is 0 Å². The number of aliphatic imine (C=N–C) groups is 1. The minimum Gasteiger partial charge on any atom is -0.348 e. The Kier molecular flexibility index (Phi) is 1.73. The van der Waals surface area contributed by atoms with E-state index < -0.39 is 0 Å².